The molecule has 0 aromatic heterocycles. The van der Waals surface area contributed by atoms with Crippen molar-refractivity contribution in [2.45, 2.75) is 90.6 Å². The quantitative estimate of drug-likeness (QED) is 0.121. The number of esters is 2. The zero-order valence-electron chi connectivity index (χ0n) is 25.8. The third-order valence-electron chi connectivity index (χ3n) is 8.29. The van der Waals surface area contributed by atoms with Crippen LogP contribution in [0.3, 0.4) is 0 Å². The standard InChI is InChI=1S/C18H30O7S.C18H15S/c19-17(24-12-14-7-3-1-4-8-14)11-16(26(21,22)23)18(20)25-13-15-9-5-2-6-10-15;1-4-10-16(11-5-1)19(17-12-6-2-7-13-17)18-14-8-3-9-15-18/h14-16H,1-13H2,(H,21,22,23);1-15H/q;+1/p-1. The van der Waals surface area contributed by atoms with Crippen LogP contribution < -0.4 is 0 Å². The van der Waals surface area contributed by atoms with Gasteiger partial charge in [-0.3, -0.25) is 9.59 Å². The summed E-state index contributed by atoms with van der Waals surface area (Å²) in [5.74, 6) is -1.51. The molecule has 3 aromatic rings. The fraction of sp³-hybridized carbons (Fsp3) is 0.444. The average molecular weight is 653 g/mol. The Balaban J connectivity index is 0.000000214. The van der Waals surface area contributed by atoms with Crippen LogP contribution in [0.1, 0.15) is 70.6 Å². The van der Waals surface area contributed by atoms with Gasteiger partial charge in [0.25, 0.3) is 0 Å². The molecular weight excluding hydrogens is 609 g/mol. The summed E-state index contributed by atoms with van der Waals surface area (Å²) in [5.41, 5.74) is 0. The zero-order chi connectivity index (χ0) is 31.9. The molecule has 7 nitrogen and oxygen atoms in total. The lowest BCUT2D eigenvalue weighted by Crippen LogP contribution is -2.36. The third-order valence-corrected chi connectivity index (χ3v) is 11.6. The predicted molar refractivity (Wildman–Crippen MR) is 175 cm³/mol. The molecule has 2 aliphatic rings. The van der Waals surface area contributed by atoms with E-state index >= 15 is 0 Å². The summed E-state index contributed by atoms with van der Waals surface area (Å²) in [4.78, 5) is 28.1. The maximum absolute atomic E-state index is 12.1. The van der Waals surface area contributed by atoms with Crippen molar-refractivity contribution in [3.05, 3.63) is 91.0 Å². The van der Waals surface area contributed by atoms with Crippen molar-refractivity contribution < 1.29 is 32.0 Å². The van der Waals surface area contributed by atoms with Crippen LogP contribution in [-0.4, -0.2) is 43.4 Å². The van der Waals surface area contributed by atoms with Gasteiger partial charge in [-0.25, -0.2) is 8.42 Å². The molecule has 45 heavy (non-hydrogen) atoms. The van der Waals surface area contributed by atoms with Gasteiger partial charge < -0.3 is 14.0 Å². The molecule has 0 amide bonds. The lowest BCUT2D eigenvalue weighted by Gasteiger charge is -2.24. The number of hydrogen-bond acceptors (Lipinski definition) is 7. The van der Waals surface area contributed by atoms with Gasteiger partial charge in [0, 0.05) is 0 Å². The highest BCUT2D eigenvalue weighted by Crippen LogP contribution is 2.30. The molecule has 0 spiro atoms. The van der Waals surface area contributed by atoms with Crippen molar-refractivity contribution in [3.8, 4) is 0 Å². The summed E-state index contributed by atoms with van der Waals surface area (Å²) in [6, 6.07) is 32.2. The van der Waals surface area contributed by atoms with Crippen molar-refractivity contribution in [2.75, 3.05) is 13.2 Å². The van der Waals surface area contributed by atoms with E-state index < -0.39 is 33.7 Å². The van der Waals surface area contributed by atoms with Gasteiger partial charge in [-0.2, -0.15) is 0 Å². The Hall–Kier alpha value is -3.14. The average Bonchev–Trinajstić information content (AvgIpc) is 3.07. The normalized spacial score (nSPS) is 16.7. The summed E-state index contributed by atoms with van der Waals surface area (Å²) in [6.45, 7) is 0.309. The Morgan fingerprint density at radius 3 is 1.40 bits per heavy atom. The summed E-state index contributed by atoms with van der Waals surface area (Å²) in [5, 5.41) is -2.02. The first-order chi connectivity index (χ1) is 21.8. The van der Waals surface area contributed by atoms with Gasteiger partial charge in [0.1, 0.15) is 10.1 Å². The molecule has 3 aromatic carbocycles. The summed E-state index contributed by atoms with van der Waals surface area (Å²) in [7, 11) is -5.00. The molecule has 2 saturated carbocycles. The fourth-order valence-corrected chi connectivity index (χ4v) is 8.55. The minimum Gasteiger partial charge on any atom is -0.747 e. The molecule has 1 unspecified atom stereocenters. The Bertz CT molecular complexity index is 1310. The van der Waals surface area contributed by atoms with Gasteiger partial charge >= 0.3 is 11.9 Å². The van der Waals surface area contributed by atoms with Crippen molar-refractivity contribution in [1.29, 1.82) is 0 Å². The second-order valence-electron chi connectivity index (χ2n) is 11.8. The predicted octanol–water partition coefficient (Wildman–Crippen LogP) is 7.32. The highest BCUT2D eigenvalue weighted by Gasteiger charge is 2.32. The van der Waals surface area contributed by atoms with Crippen LogP contribution in [0.4, 0.5) is 0 Å². The van der Waals surface area contributed by atoms with Gasteiger partial charge in [-0.1, -0.05) is 93.1 Å². The van der Waals surface area contributed by atoms with E-state index in [1.165, 1.54) is 21.1 Å². The van der Waals surface area contributed by atoms with Crippen molar-refractivity contribution >= 4 is 33.0 Å². The molecule has 242 valence electrons. The SMILES string of the molecule is O=C(CC(C(=O)OCC1CCCCC1)S(=O)(=O)[O-])OCC1CCCCC1.c1ccc([S+](c2ccccc2)c2ccccc2)cc1. The Labute approximate surface area is 270 Å². The monoisotopic (exact) mass is 652 g/mol. The van der Waals surface area contributed by atoms with Crippen molar-refractivity contribution in [1.82, 2.24) is 0 Å². The van der Waals surface area contributed by atoms with Gasteiger partial charge in [-0.15, -0.1) is 0 Å². The second kappa shape index (κ2) is 18.1. The van der Waals surface area contributed by atoms with Crippen molar-refractivity contribution in [2.24, 2.45) is 11.8 Å². The van der Waals surface area contributed by atoms with Crippen LogP contribution in [0.5, 0.6) is 0 Å². The number of rotatable bonds is 11. The van der Waals surface area contributed by atoms with Gasteiger partial charge in [0.05, 0.1) is 30.5 Å². The molecule has 0 heterocycles. The Kier molecular flexibility index (Phi) is 14.0. The number of carbonyl (C=O) groups is 2. The maximum atomic E-state index is 12.1. The lowest BCUT2D eigenvalue weighted by atomic mass is 9.90. The molecule has 5 rings (SSSR count). The van der Waals surface area contributed by atoms with Crippen LogP contribution in [0.2, 0.25) is 0 Å². The first-order valence-electron chi connectivity index (χ1n) is 16.0. The molecule has 2 aliphatic carbocycles. The number of ether oxygens (including phenoxy) is 2. The van der Waals surface area contributed by atoms with Crippen LogP contribution in [-0.2, 0) is 40.1 Å². The number of benzene rings is 3. The van der Waals surface area contributed by atoms with E-state index in [9.17, 15) is 22.6 Å². The fourth-order valence-electron chi connectivity index (χ4n) is 5.80. The highest BCUT2D eigenvalue weighted by molar-refractivity contribution is 7.97. The van der Waals surface area contributed by atoms with Gasteiger partial charge in [0.2, 0.25) is 0 Å². The van der Waals surface area contributed by atoms with Crippen molar-refractivity contribution in [3.63, 3.8) is 0 Å². The Morgan fingerprint density at radius 2 is 1.02 bits per heavy atom. The Morgan fingerprint density at radius 1 is 0.644 bits per heavy atom. The molecule has 1 atom stereocenters. The van der Waals surface area contributed by atoms with E-state index in [0.717, 1.165) is 57.8 Å². The molecule has 9 heteroatoms. The molecule has 0 aliphatic heterocycles. The minimum absolute atomic E-state index is 0.0146. The number of carbonyl (C=O) groups excluding carboxylic acids is 2. The van der Waals surface area contributed by atoms with E-state index in [0.29, 0.717) is 0 Å². The first kappa shape index (κ1) is 34.7. The van der Waals surface area contributed by atoms with E-state index in [1.54, 1.807) is 0 Å². The number of hydrogen-bond donors (Lipinski definition) is 0. The van der Waals surface area contributed by atoms with E-state index in [-0.39, 0.29) is 35.9 Å². The van der Waals surface area contributed by atoms with Crippen LogP contribution in [0, 0.1) is 11.8 Å². The third kappa shape index (κ3) is 11.6. The summed E-state index contributed by atoms with van der Waals surface area (Å²) in [6.07, 6.45) is 9.63. The maximum Gasteiger partial charge on any atom is 0.323 e. The van der Waals surface area contributed by atoms with E-state index in [4.69, 9.17) is 9.47 Å². The minimum atomic E-state index is -4.98. The van der Waals surface area contributed by atoms with Crippen LogP contribution >= 0.6 is 0 Å². The zero-order valence-corrected chi connectivity index (χ0v) is 27.4. The van der Waals surface area contributed by atoms with Crippen LogP contribution in [0.15, 0.2) is 106 Å². The molecular formula is C36H44O7S2. The van der Waals surface area contributed by atoms with E-state index in [2.05, 4.69) is 91.0 Å². The van der Waals surface area contributed by atoms with Gasteiger partial charge in [0.15, 0.2) is 19.9 Å². The first-order valence-corrected chi connectivity index (χ1v) is 18.7. The highest BCUT2D eigenvalue weighted by atomic mass is 32.2. The summed E-state index contributed by atoms with van der Waals surface area (Å²) >= 11 is 0. The molecule has 0 saturated heterocycles. The van der Waals surface area contributed by atoms with E-state index in [1.807, 2.05) is 0 Å². The summed E-state index contributed by atoms with van der Waals surface area (Å²) < 4.78 is 44.3. The van der Waals surface area contributed by atoms with Crippen LogP contribution in [0.25, 0.3) is 0 Å². The molecule has 0 N–H and O–H groups in total. The topological polar surface area (TPSA) is 110 Å². The molecule has 2 fully saturated rings. The van der Waals surface area contributed by atoms with Gasteiger partial charge in [-0.05, 0) is 73.9 Å². The second-order valence-corrected chi connectivity index (χ2v) is 15.3. The molecule has 0 bridgehead atoms. The smallest absolute Gasteiger partial charge is 0.323 e. The molecule has 0 radical (unpaired) electrons. The largest absolute Gasteiger partial charge is 0.747 e. The lowest BCUT2D eigenvalue weighted by molar-refractivity contribution is -0.151.